The van der Waals surface area contributed by atoms with Gasteiger partial charge in [0.1, 0.15) is 31.2 Å². The van der Waals surface area contributed by atoms with Crippen LogP contribution in [0.3, 0.4) is 0 Å². The van der Waals surface area contributed by atoms with E-state index in [-0.39, 0.29) is 0 Å². The molecule has 0 atom stereocenters. The number of fused-ring (bicyclic) bond motifs is 1. The van der Waals surface area contributed by atoms with Gasteiger partial charge in [0.15, 0.2) is 17.7 Å². The zero-order chi connectivity index (χ0) is 13.8. The number of nitriles is 1. The SMILES string of the molecule is N#CNc1cc(Nc2ccc3c(c2)OCCO3)ncn1. The summed E-state index contributed by atoms with van der Waals surface area (Å²) in [4.78, 5) is 8.00. The predicted molar refractivity (Wildman–Crippen MR) is 72.0 cm³/mol. The largest absolute Gasteiger partial charge is 0.486 e. The minimum absolute atomic E-state index is 0.433. The van der Waals surface area contributed by atoms with Crippen molar-refractivity contribution in [2.24, 2.45) is 0 Å². The van der Waals surface area contributed by atoms with Crippen LogP contribution in [0.5, 0.6) is 11.5 Å². The Morgan fingerprint density at radius 3 is 2.70 bits per heavy atom. The standard InChI is InChI=1S/C13H11N5O2/c14-7-15-12-6-13(17-8-16-12)18-9-1-2-10-11(5-9)20-4-3-19-10/h1-2,5-6,8H,3-4H2,(H2,15,16,17,18). The Morgan fingerprint density at radius 2 is 1.85 bits per heavy atom. The highest BCUT2D eigenvalue weighted by Crippen LogP contribution is 2.33. The number of rotatable bonds is 3. The number of aromatic nitrogens is 2. The number of hydrogen-bond donors (Lipinski definition) is 2. The third-order valence-corrected chi connectivity index (χ3v) is 2.67. The number of hydrogen-bond acceptors (Lipinski definition) is 7. The van der Waals surface area contributed by atoms with Gasteiger partial charge in [-0.3, -0.25) is 5.32 Å². The van der Waals surface area contributed by atoms with E-state index in [0.29, 0.717) is 30.6 Å². The van der Waals surface area contributed by atoms with E-state index in [0.717, 1.165) is 11.4 Å². The third kappa shape index (κ3) is 2.54. The lowest BCUT2D eigenvalue weighted by Crippen LogP contribution is -2.15. The van der Waals surface area contributed by atoms with E-state index in [2.05, 4.69) is 20.6 Å². The van der Waals surface area contributed by atoms with E-state index in [1.165, 1.54) is 6.33 Å². The van der Waals surface area contributed by atoms with Crippen LogP contribution in [-0.2, 0) is 0 Å². The Labute approximate surface area is 115 Å². The molecule has 0 saturated carbocycles. The first kappa shape index (κ1) is 12.0. The molecule has 0 saturated heterocycles. The molecular formula is C13H11N5O2. The highest BCUT2D eigenvalue weighted by molar-refractivity contribution is 5.63. The Bertz CT molecular complexity index is 668. The fourth-order valence-corrected chi connectivity index (χ4v) is 1.82. The molecule has 0 fully saturated rings. The molecular weight excluding hydrogens is 258 g/mol. The van der Waals surface area contributed by atoms with Crippen molar-refractivity contribution in [1.82, 2.24) is 9.97 Å². The zero-order valence-electron chi connectivity index (χ0n) is 10.5. The maximum atomic E-state index is 8.56. The molecule has 0 bridgehead atoms. The average molecular weight is 269 g/mol. The van der Waals surface area contributed by atoms with Crippen molar-refractivity contribution in [3.8, 4) is 17.7 Å². The smallest absolute Gasteiger partial charge is 0.182 e. The fourth-order valence-electron chi connectivity index (χ4n) is 1.82. The lowest BCUT2D eigenvalue weighted by molar-refractivity contribution is 0.171. The van der Waals surface area contributed by atoms with Crippen molar-refractivity contribution < 1.29 is 9.47 Å². The highest BCUT2D eigenvalue weighted by Gasteiger charge is 2.11. The monoisotopic (exact) mass is 269 g/mol. The van der Waals surface area contributed by atoms with Gasteiger partial charge in [0.2, 0.25) is 0 Å². The normalized spacial score (nSPS) is 12.3. The molecule has 3 rings (SSSR count). The molecule has 2 heterocycles. The van der Waals surface area contributed by atoms with E-state index in [1.807, 2.05) is 24.4 Å². The van der Waals surface area contributed by atoms with Crippen molar-refractivity contribution in [2.75, 3.05) is 23.8 Å². The second kappa shape index (κ2) is 5.32. The molecule has 0 unspecified atom stereocenters. The third-order valence-electron chi connectivity index (χ3n) is 2.67. The number of ether oxygens (including phenoxy) is 2. The maximum Gasteiger partial charge on any atom is 0.182 e. The Balaban J connectivity index is 1.81. The van der Waals surface area contributed by atoms with Gasteiger partial charge < -0.3 is 14.8 Å². The summed E-state index contributed by atoms with van der Waals surface area (Å²) in [7, 11) is 0. The average Bonchev–Trinajstić information content (AvgIpc) is 2.48. The summed E-state index contributed by atoms with van der Waals surface area (Å²) in [5.41, 5.74) is 0.816. The summed E-state index contributed by atoms with van der Waals surface area (Å²) < 4.78 is 11.0. The molecule has 1 aliphatic rings. The lowest BCUT2D eigenvalue weighted by atomic mass is 10.2. The molecule has 7 nitrogen and oxygen atoms in total. The molecule has 0 aliphatic carbocycles. The number of anilines is 3. The first-order valence-corrected chi connectivity index (χ1v) is 5.99. The molecule has 2 N–H and O–H groups in total. The van der Waals surface area contributed by atoms with Crippen LogP contribution in [0.1, 0.15) is 0 Å². The first-order valence-electron chi connectivity index (χ1n) is 5.99. The maximum absolute atomic E-state index is 8.56. The van der Waals surface area contributed by atoms with Gasteiger partial charge in [-0.2, -0.15) is 5.26 Å². The van der Waals surface area contributed by atoms with E-state index in [9.17, 15) is 0 Å². The molecule has 7 heteroatoms. The summed E-state index contributed by atoms with van der Waals surface area (Å²) in [5, 5.41) is 14.1. The van der Waals surface area contributed by atoms with Gasteiger partial charge in [-0.25, -0.2) is 9.97 Å². The minimum atomic E-state index is 0.433. The molecule has 0 radical (unpaired) electrons. The molecule has 0 amide bonds. The van der Waals surface area contributed by atoms with Crippen LogP contribution in [0.2, 0.25) is 0 Å². The van der Waals surface area contributed by atoms with Gasteiger partial charge in [-0.1, -0.05) is 0 Å². The molecule has 1 aliphatic heterocycles. The van der Waals surface area contributed by atoms with Gasteiger partial charge in [-0.05, 0) is 12.1 Å². The Morgan fingerprint density at radius 1 is 1.05 bits per heavy atom. The second-order valence-electron chi connectivity index (χ2n) is 4.01. The van der Waals surface area contributed by atoms with Crippen LogP contribution in [0.25, 0.3) is 0 Å². The molecule has 1 aromatic carbocycles. The molecule has 1 aromatic heterocycles. The van der Waals surface area contributed by atoms with Gasteiger partial charge >= 0.3 is 0 Å². The predicted octanol–water partition coefficient (Wildman–Crippen LogP) is 1.88. The molecule has 0 spiro atoms. The molecule has 2 aromatic rings. The highest BCUT2D eigenvalue weighted by atomic mass is 16.6. The summed E-state index contributed by atoms with van der Waals surface area (Å²) in [6.45, 7) is 1.11. The minimum Gasteiger partial charge on any atom is -0.486 e. The van der Waals surface area contributed by atoms with E-state index in [1.54, 1.807) is 6.07 Å². The summed E-state index contributed by atoms with van der Waals surface area (Å²) >= 11 is 0. The van der Waals surface area contributed by atoms with Gasteiger partial charge in [-0.15, -0.1) is 0 Å². The molecule has 20 heavy (non-hydrogen) atoms. The summed E-state index contributed by atoms with van der Waals surface area (Å²) in [6, 6.07) is 7.19. The van der Waals surface area contributed by atoms with E-state index < -0.39 is 0 Å². The van der Waals surface area contributed by atoms with Crippen molar-refractivity contribution in [2.45, 2.75) is 0 Å². The second-order valence-corrected chi connectivity index (χ2v) is 4.01. The van der Waals surface area contributed by atoms with E-state index >= 15 is 0 Å². The van der Waals surface area contributed by atoms with Crippen molar-refractivity contribution in [3.63, 3.8) is 0 Å². The van der Waals surface area contributed by atoms with Crippen LogP contribution in [-0.4, -0.2) is 23.2 Å². The quantitative estimate of drug-likeness (QED) is 0.649. The van der Waals surface area contributed by atoms with Crippen molar-refractivity contribution in [3.05, 3.63) is 30.6 Å². The van der Waals surface area contributed by atoms with Crippen molar-refractivity contribution >= 4 is 17.3 Å². The Hall–Kier alpha value is -3.01. The number of nitrogens with one attached hydrogen (secondary N) is 2. The van der Waals surface area contributed by atoms with Crippen molar-refractivity contribution in [1.29, 1.82) is 5.26 Å². The number of benzene rings is 1. The van der Waals surface area contributed by atoms with E-state index in [4.69, 9.17) is 14.7 Å². The zero-order valence-corrected chi connectivity index (χ0v) is 10.5. The van der Waals surface area contributed by atoms with Crippen LogP contribution in [0.15, 0.2) is 30.6 Å². The van der Waals surface area contributed by atoms with Crippen LogP contribution in [0, 0.1) is 11.5 Å². The van der Waals surface area contributed by atoms with Crippen LogP contribution in [0.4, 0.5) is 17.3 Å². The topological polar surface area (TPSA) is 92.1 Å². The first-order chi connectivity index (χ1) is 9.85. The summed E-state index contributed by atoms with van der Waals surface area (Å²) in [5.74, 6) is 2.44. The van der Waals surface area contributed by atoms with Gasteiger partial charge in [0, 0.05) is 17.8 Å². The number of nitrogens with zero attached hydrogens (tertiary/aromatic N) is 3. The fraction of sp³-hybridized carbons (Fsp3) is 0.154. The lowest BCUT2D eigenvalue weighted by Gasteiger charge is -2.19. The van der Waals surface area contributed by atoms with Gasteiger partial charge in [0.05, 0.1) is 0 Å². The molecule has 100 valence electrons. The van der Waals surface area contributed by atoms with Gasteiger partial charge in [0.25, 0.3) is 0 Å². The summed E-state index contributed by atoms with van der Waals surface area (Å²) in [6.07, 6.45) is 3.19. The van der Waals surface area contributed by atoms with Crippen LogP contribution < -0.4 is 20.1 Å². The Kier molecular flexibility index (Phi) is 3.20. The van der Waals surface area contributed by atoms with Crippen LogP contribution >= 0.6 is 0 Å².